The van der Waals surface area contributed by atoms with E-state index in [0.717, 1.165) is 10.9 Å². The fraction of sp³-hybridized carbons (Fsp3) is 0.250. The van der Waals surface area contributed by atoms with Crippen LogP contribution in [-0.2, 0) is 6.42 Å². The third-order valence-corrected chi connectivity index (χ3v) is 3.36. The maximum Gasteiger partial charge on any atom is 0.227 e. The molecule has 1 N–H and O–H groups in total. The molecule has 0 spiro atoms. The van der Waals surface area contributed by atoms with Crippen LogP contribution in [0.1, 0.15) is 19.2 Å². The summed E-state index contributed by atoms with van der Waals surface area (Å²) in [5.74, 6) is 0.637. The SMILES string of the molecule is CC(O)CCc1nc(-c2ccc(F)c3ccccc23)no1. The third kappa shape index (κ3) is 2.78. The van der Waals surface area contributed by atoms with Gasteiger partial charge in [0.1, 0.15) is 5.82 Å². The predicted octanol–water partition coefficient (Wildman–Crippen LogP) is 3.34. The molecule has 0 fully saturated rings. The van der Waals surface area contributed by atoms with Crippen LogP contribution < -0.4 is 0 Å². The highest BCUT2D eigenvalue weighted by atomic mass is 19.1. The summed E-state index contributed by atoms with van der Waals surface area (Å²) in [5.41, 5.74) is 0.735. The number of aromatic nitrogens is 2. The topological polar surface area (TPSA) is 59.2 Å². The second-order valence-corrected chi connectivity index (χ2v) is 5.04. The van der Waals surface area contributed by atoms with Crippen LogP contribution in [0.5, 0.6) is 0 Å². The molecule has 108 valence electrons. The van der Waals surface area contributed by atoms with E-state index in [1.165, 1.54) is 6.07 Å². The minimum absolute atomic E-state index is 0.271. The first kappa shape index (κ1) is 13.7. The number of hydrogen-bond acceptors (Lipinski definition) is 4. The molecule has 0 radical (unpaired) electrons. The molecule has 3 rings (SSSR count). The summed E-state index contributed by atoms with van der Waals surface area (Å²) in [7, 11) is 0. The molecule has 2 aromatic carbocycles. The first-order chi connectivity index (χ1) is 10.1. The molecule has 1 atom stereocenters. The van der Waals surface area contributed by atoms with Crippen LogP contribution >= 0.6 is 0 Å². The highest BCUT2D eigenvalue weighted by Crippen LogP contribution is 2.28. The van der Waals surface area contributed by atoms with Gasteiger partial charge in [0.25, 0.3) is 0 Å². The Labute approximate surface area is 121 Å². The third-order valence-electron chi connectivity index (χ3n) is 3.36. The number of aryl methyl sites for hydroxylation is 1. The van der Waals surface area contributed by atoms with Gasteiger partial charge in [-0.2, -0.15) is 4.98 Å². The lowest BCUT2D eigenvalue weighted by molar-refractivity contribution is 0.180. The minimum atomic E-state index is -0.410. The molecule has 0 bridgehead atoms. The van der Waals surface area contributed by atoms with E-state index in [9.17, 15) is 9.50 Å². The number of benzene rings is 2. The molecule has 1 aromatic heterocycles. The fourth-order valence-corrected chi connectivity index (χ4v) is 2.26. The summed E-state index contributed by atoms with van der Waals surface area (Å²) in [5, 5.41) is 14.5. The van der Waals surface area contributed by atoms with E-state index in [-0.39, 0.29) is 5.82 Å². The largest absolute Gasteiger partial charge is 0.393 e. The fourth-order valence-electron chi connectivity index (χ4n) is 2.26. The van der Waals surface area contributed by atoms with Crippen molar-refractivity contribution in [1.82, 2.24) is 10.1 Å². The Morgan fingerprint density at radius 3 is 2.71 bits per heavy atom. The minimum Gasteiger partial charge on any atom is -0.393 e. The molecule has 0 saturated carbocycles. The number of aliphatic hydroxyl groups is 1. The lowest BCUT2D eigenvalue weighted by Crippen LogP contribution is -2.01. The van der Waals surface area contributed by atoms with Gasteiger partial charge >= 0.3 is 0 Å². The Kier molecular flexibility index (Phi) is 3.66. The van der Waals surface area contributed by atoms with Gasteiger partial charge in [0, 0.05) is 17.4 Å². The van der Waals surface area contributed by atoms with Crippen LogP contribution in [0.3, 0.4) is 0 Å². The summed E-state index contributed by atoms with van der Waals surface area (Å²) < 4.78 is 19.0. The Morgan fingerprint density at radius 2 is 1.95 bits per heavy atom. The van der Waals surface area contributed by atoms with E-state index in [4.69, 9.17) is 4.52 Å². The van der Waals surface area contributed by atoms with E-state index < -0.39 is 6.10 Å². The van der Waals surface area contributed by atoms with Crippen molar-refractivity contribution >= 4 is 10.8 Å². The Morgan fingerprint density at radius 1 is 1.19 bits per heavy atom. The maximum absolute atomic E-state index is 13.8. The van der Waals surface area contributed by atoms with Crippen LogP contribution in [0.4, 0.5) is 4.39 Å². The summed E-state index contributed by atoms with van der Waals surface area (Å²) in [6, 6.07) is 10.3. The number of halogens is 1. The molecule has 0 aliphatic heterocycles. The van der Waals surface area contributed by atoms with E-state index in [0.29, 0.717) is 29.9 Å². The summed E-state index contributed by atoms with van der Waals surface area (Å²) in [6.07, 6.45) is 0.669. The molecular weight excluding hydrogens is 271 g/mol. The van der Waals surface area contributed by atoms with E-state index in [1.54, 1.807) is 25.1 Å². The monoisotopic (exact) mass is 286 g/mol. The standard InChI is InChI=1S/C16H15FN2O2/c1-10(20)6-9-15-18-16(19-21-15)13-7-8-14(17)12-5-3-2-4-11(12)13/h2-5,7-8,10,20H,6,9H2,1H3. The van der Waals surface area contributed by atoms with Crippen molar-refractivity contribution in [2.45, 2.75) is 25.9 Å². The lowest BCUT2D eigenvalue weighted by atomic mass is 10.0. The number of aliphatic hydroxyl groups excluding tert-OH is 1. The van der Waals surface area contributed by atoms with Gasteiger partial charge in [-0.15, -0.1) is 0 Å². The van der Waals surface area contributed by atoms with Gasteiger partial charge in [-0.25, -0.2) is 4.39 Å². The molecule has 3 aromatic rings. The van der Waals surface area contributed by atoms with Gasteiger partial charge in [-0.05, 0) is 30.9 Å². The zero-order valence-corrected chi connectivity index (χ0v) is 11.6. The Balaban J connectivity index is 1.99. The van der Waals surface area contributed by atoms with E-state index in [2.05, 4.69) is 10.1 Å². The van der Waals surface area contributed by atoms with Gasteiger partial charge in [0.15, 0.2) is 0 Å². The summed E-state index contributed by atoms with van der Waals surface area (Å²) in [4.78, 5) is 4.32. The zero-order valence-electron chi connectivity index (χ0n) is 11.6. The number of hydrogen-bond donors (Lipinski definition) is 1. The van der Waals surface area contributed by atoms with Crippen molar-refractivity contribution in [2.75, 3.05) is 0 Å². The molecule has 21 heavy (non-hydrogen) atoms. The van der Waals surface area contributed by atoms with Gasteiger partial charge in [-0.3, -0.25) is 0 Å². The molecule has 0 amide bonds. The van der Waals surface area contributed by atoms with Crippen LogP contribution in [0, 0.1) is 5.82 Å². The molecule has 1 heterocycles. The first-order valence-electron chi connectivity index (χ1n) is 6.83. The highest BCUT2D eigenvalue weighted by Gasteiger charge is 2.13. The average Bonchev–Trinajstić information content (AvgIpc) is 2.94. The van der Waals surface area contributed by atoms with Gasteiger partial charge in [-0.1, -0.05) is 29.4 Å². The zero-order chi connectivity index (χ0) is 14.8. The normalized spacial score (nSPS) is 12.7. The van der Waals surface area contributed by atoms with E-state index >= 15 is 0 Å². The number of nitrogens with zero attached hydrogens (tertiary/aromatic N) is 2. The second-order valence-electron chi connectivity index (χ2n) is 5.04. The van der Waals surface area contributed by atoms with Crippen molar-refractivity contribution in [3.05, 3.63) is 48.1 Å². The van der Waals surface area contributed by atoms with Crippen molar-refractivity contribution < 1.29 is 14.0 Å². The summed E-state index contributed by atoms with van der Waals surface area (Å²) >= 11 is 0. The molecule has 0 saturated heterocycles. The second kappa shape index (κ2) is 5.61. The smallest absolute Gasteiger partial charge is 0.227 e. The number of rotatable bonds is 4. The maximum atomic E-state index is 13.8. The van der Waals surface area contributed by atoms with Crippen LogP contribution in [-0.4, -0.2) is 21.4 Å². The van der Waals surface area contributed by atoms with Gasteiger partial charge in [0.2, 0.25) is 11.7 Å². The van der Waals surface area contributed by atoms with Crippen LogP contribution in [0.15, 0.2) is 40.9 Å². The first-order valence-corrected chi connectivity index (χ1v) is 6.83. The molecule has 0 aliphatic carbocycles. The molecular formula is C16H15FN2O2. The van der Waals surface area contributed by atoms with Crippen LogP contribution in [0.2, 0.25) is 0 Å². The molecule has 0 aliphatic rings. The quantitative estimate of drug-likeness (QED) is 0.799. The van der Waals surface area contributed by atoms with Crippen molar-refractivity contribution in [3.63, 3.8) is 0 Å². The highest BCUT2D eigenvalue weighted by molar-refractivity contribution is 5.95. The Bertz CT molecular complexity index is 768. The van der Waals surface area contributed by atoms with E-state index in [1.807, 2.05) is 12.1 Å². The number of fused-ring (bicyclic) bond motifs is 1. The summed E-state index contributed by atoms with van der Waals surface area (Å²) in [6.45, 7) is 1.71. The molecule has 1 unspecified atom stereocenters. The van der Waals surface area contributed by atoms with Crippen molar-refractivity contribution in [2.24, 2.45) is 0 Å². The average molecular weight is 286 g/mol. The molecule has 5 heteroatoms. The van der Waals surface area contributed by atoms with Gasteiger partial charge < -0.3 is 9.63 Å². The Hall–Kier alpha value is -2.27. The predicted molar refractivity (Wildman–Crippen MR) is 77.2 cm³/mol. The molecule has 4 nitrogen and oxygen atoms in total. The van der Waals surface area contributed by atoms with Gasteiger partial charge in [0.05, 0.1) is 6.10 Å². The van der Waals surface area contributed by atoms with Crippen molar-refractivity contribution in [3.8, 4) is 11.4 Å². The van der Waals surface area contributed by atoms with Crippen molar-refractivity contribution in [1.29, 1.82) is 0 Å². The van der Waals surface area contributed by atoms with Crippen LogP contribution in [0.25, 0.3) is 22.2 Å². The lowest BCUT2D eigenvalue weighted by Gasteiger charge is -2.03.